The lowest BCUT2D eigenvalue weighted by Crippen LogP contribution is -2.70. The third kappa shape index (κ3) is 5.96. The molecule has 1 amide bonds. The monoisotopic (exact) mass is 741 g/mol. The van der Waals surface area contributed by atoms with Gasteiger partial charge in [0.1, 0.15) is 17.3 Å². The van der Waals surface area contributed by atoms with Gasteiger partial charge in [0.2, 0.25) is 17.8 Å². The summed E-state index contributed by atoms with van der Waals surface area (Å²) in [5, 5.41) is 13.3. The Bertz CT molecular complexity index is 1750. The van der Waals surface area contributed by atoms with Crippen molar-refractivity contribution < 1.29 is 41.7 Å². The normalized spacial score (nSPS) is 34.1. The van der Waals surface area contributed by atoms with Crippen LogP contribution in [-0.2, 0) is 20.9 Å². The summed E-state index contributed by atoms with van der Waals surface area (Å²) in [4.78, 5) is 42.0. The Labute approximate surface area is 305 Å². The summed E-state index contributed by atoms with van der Waals surface area (Å²) in [7, 11) is 0. The van der Waals surface area contributed by atoms with Gasteiger partial charge in [-0.1, -0.05) is 0 Å². The van der Waals surface area contributed by atoms with Crippen LogP contribution in [0, 0.1) is 35.5 Å². The number of rotatable bonds is 8. The molecule has 1 saturated heterocycles. The van der Waals surface area contributed by atoms with Crippen LogP contribution in [0.3, 0.4) is 0 Å². The first-order chi connectivity index (χ1) is 25.2. The van der Waals surface area contributed by atoms with Gasteiger partial charge in [-0.15, -0.1) is 0 Å². The summed E-state index contributed by atoms with van der Waals surface area (Å²) in [6.07, 6.45) is 11.2. The molecule has 2 aromatic rings. The number of halogens is 4. The second-order valence-electron chi connectivity index (χ2n) is 17.5. The van der Waals surface area contributed by atoms with E-state index in [-0.39, 0.29) is 42.6 Å². The predicted molar refractivity (Wildman–Crippen MR) is 183 cm³/mol. The van der Waals surface area contributed by atoms with Crippen molar-refractivity contribution in [2.75, 3.05) is 24.7 Å². The number of ether oxygens (including phenoxy) is 2. The third-order valence-corrected chi connectivity index (χ3v) is 14.2. The van der Waals surface area contributed by atoms with Crippen LogP contribution in [0.1, 0.15) is 112 Å². The average molecular weight is 742 g/mol. The molecule has 2 aliphatic heterocycles. The second kappa shape index (κ2) is 12.5. The quantitative estimate of drug-likeness (QED) is 0.271. The minimum absolute atomic E-state index is 0.000579. The van der Waals surface area contributed by atoms with Crippen molar-refractivity contribution in [3.05, 3.63) is 35.3 Å². The van der Waals surface area contributed by atoms with Crippen molar-refractivity contribution in [1.29, 1.82) is 0 Å². The number of hydrogen-bond acceptors (Lipinski definition) is 8. The van der Waals surface area contributed by atoms with Gasteiger partial charge in [0.25, 0.3) is 11.8 Å². The highest BCUT2D eigenvalue weighted by Gasteiger charge is 2.62. The molecule has 4 bridgehead atoms. The molecule has 1 spiro atoms. The van der Waals surface area contributed by atoms with E-state index < -0.39 is 45.9 Å². The number of aliphatic carboxylic acids is 1. The molecule has 2 aromatic heterocycles. The van der Waals surface area contributed by atoms with E-state index in [1.807, 2.05) is 6.07 Å². The number of amides is 1. The number of carbonyl (C=O) groups is 2. The molecule has 4 heterocycles. The number of nitrogens with zero attached hydrogens (tertiary/aromatic N) is 4. The number of nitrogens with one attached hydrogen (secondary N) is 1. The van der Waals surface area contributed by atoms with E-state index >= 15 is 8.78 Å². The van der Waals surface area contributed by atoms with Gasteiger partial charge in [0.05, 0.1) is 17.4 Å². The fourth-order valence-electron chi connectivity index (χ4n) is 11.7. The fourth-order valence-corrected chi connectivity index (χ4v) is 11.7. The van der Waals surface area contributed by atoms with E-state index in [0.29, 0.717) is 94.5 Å². The van der Waals surface area contributed by atoms with E-state index in [2.05, 4.69) is 20.3 Å². The number of carbonyl (C=O) groups excluding carboxylic acids is 1. The zero-order valence-electron chi connectivity index (χ0n) is 30.0. The summed E-state index contributed by atoms with van der Waals surface area (Å²) in [5.41, 5.74) is -1.49. The lowest BCUT2D eigenvalue weighted by Gasteiger charge is -2.59. The lowest BCUT2D eigenvalue weighted by atomic mass is 9.48. The third-order valence-electron chi connectivity index (χ3n) is 14.2. The highest BCUT2D eigenvalue weighted by atomic mass is 19.3. The first-order valence-corrected chi connectivity index (χ1v) is 19.4. The predicted octanol–water partition coefficient (Wildman–Crippen LogP) is 7.18. The SMILES string of the molecule is CC(F)(F)c1nc(N2CC3(CCOCC3)c3cc(OC4CCC(C5CC(F)(F)C5)CC4)ncc32)ncc1C(=O)NC1(C(=O)O)C2CC3CC(C2)CC1C3. The zero-order chi connectivity index (χ0) is 36.9. The summed E-state index contributed by atoms with van der Waals surface area (Å²) < 4.78 is 69.9. The molecule has 0 unspecified atom stereocenters. The molecule has 0 atom stereocenters. The molecule has 0 radical (unpaired) electrons. The van der Waals surface area contributed by atoms with Gasteiger partial charge in [0.15, 0.2) is 0 Å². The first kappa shape index (κ1) is 35.2. The fraction of sp³-hybridized carbons (Fsp3) is 0.718. The highest BCUT2D eigenvalue weighted by Crippen LogP contribution is 2.59. The van der Waals surface area contributed by atoms with E-state index in [9.17, 15) is 23.5 Å². The highest BCUT2D eigenvalue weighted by molar-refractivity contribution is 5.99. The van der Waals surface area contributed by atoms with Crippen LogP contribution in [0.15, 0.2) is 18.5 Å². The summed E-state index contributed by atoms with van der Waals surface area (Å²) in [6.45, 7) is 2.11. The summed E-state index contributed by atoms with van der Waals surface area (Å²) in [5.74, 6) is -6.81. The minimum atomic E-state index is -3.53. The Morgan fingerprint density at radius 2 is 1.62 bits per heavy atom. The Kier molecular flexibility index (Phi) is 8.29. The molecule has 7 fully saturated rings. The van der Waals surface area contributed by atoms with Crippen LogP contribution in [0.2, 0.25) is 0 Å². The maximum Gasteiger partial charge on any atom is 0.330 e. The van der Waals surface area contributed by atoms with Gasteiger partial charge in [0, 0.05) is 57.2 Å². The van der Waals surface area contributed by atoms with Gasteiger partial charge < -0.3 is 24.8 Å². The van der Waals surface area contributed by atoms with Gasteiger partial charge in [-0.3, -0.25) is 4.79 Å². The van der Waals surface area contributed by atoms with E-state index in [1.54, 1.807) is 11.1 Å². The van der Waals surface area contributed by atoms with E-state index in [0.717, 1.165) is 43.9 Å². The Morgan fingerprint density at radius 3 is 2.23 bits per heavy atom. The van der Waals surface area contributed by atoms with Crippen molar-refractivity contribution in [3.8, 4) is 5.88 Å². The van der Waals surface area contributed by atoms with E-state index in [4.69, 9.17) is 9.47 Å². The Balaban J connectivity index is 0.976. The number of hydrogen-bond donors (Lipinski definition) is 2. The summed E-state index contributed by atoms with van der Waals surface area (Å²) >= 11 is 0. The molecule has 53 heavy (non-hydrogen) atoms. The van der Waals surface area contributed by atoms with Crippen LogP contribution in [0.5, 0.6) is 5.88 Å². The van der Waals surface area contributed by atoms with E-state index in [1.165, 1.54) is 0 Å². The maximum absolute atomic E-state index is 15.4. The number of carboxylic acids is 1. The van der Waals surface area contributed by atoms with Gasteiger partial charge in [-0.05, 0) is 112 Å². The number of pyridine rings is 1. The van der Waals surface area contributed by atoms with Gasteiger partial charge >= 0.3 is 5.97 Å². The van der Waals surface area contributed by atoms with Gasteiger partial charge in [-0.2, -0.15) is 8.78 Å². The van der Waals surface area contributed by atoms with Crippen LogP contribution < -0.4 is 15.0 Å². The minimum Gasteiger partial charge on any atom is -0.479 e. The van der Waals surface area contributed by atoms with Crippen molar-refractivity contribution in [3.63, 3.8) is 0 Å². The van der Waals surface area contributed by atoms with Gasteiger partial charge in [-0.25, -0.2) is 28.5 Å². The van der Waals surface area contributed by atoms with Crippen LogP contribution in [0.25, 0.3) is 0 Å². The molecule has 6 saturated carbocycles. The molecular weight excluding hydrogens is 694 g/mol. The summed E-state index contributed by atoms with van der Waals surface area (Å²) in [6, 6.07) is 1.92. The number of aromatic nitrogens is 3. The average Bonchev–Trinajstić information content (AvgIpc) is 3.40. The van der Waals surface area contributed by atoms with Crippen LogP contribution in [0.4, 0.5) is 29.2 Å². The molecule has 8 aliphatic rings. The molecule has 10 rings (SSSR count). The maximum atomic E-state index is 15.4. The van der Waals surface area contributed by atoms with Crippen LogP contribution in [-0.4, -0.2) is 69.3 Å². The van der Waals surface area contributed by atoms with Crippen molar-refractivity contribution in [1.82, 2.24) is 20.3 Å². The standard InChI is InChI=1S/C39H47F4N5O5/c1-36(40,41)32-28(33(49)47-39(34(50)51)25-11-21-10-22(13-25)14-26(39)12-21)18-45-35(46-32)48-20-37(6-8-52-9-7-37)29-15-31(44-19-30(29)48)53-27-4-2-23(3-5-27)24-16-38(42,43)17-24/h15,18-19,21-27H,2-14,16-17,20H2,1H3,(H,47,49)(H,50,51). The molecule has 0 aromatic carbocycles. The largest absolute Gasteiger partial charge is 0.479 e. The lowest BCUT2D eigenvalue weighted by molar-refractivity contribution is -0.163. The number of fused-ring (bicyclic) bond motifs is 2. The number of alkyl halides is 4. The second-order valence-corrected chi connectivity index (χ2v) is 17.5. The van der Waals surface area contributed by atoms with Crippen molar-refractivity contribution in [2.45, 2.75) is 119 Å². The number of anilines is 2. The molecule has 2 N–H and O–H groups in total. The molecule has 286 valence electrons. The first-order valence-electron chi connectivity index (χ1n) is 19.4. The Morgan fingerprint density at radius 1 is 0.962 bits per heavy atom. The smallest absolute Gasteiger partial charge is 0.330 e. The number of carboxylic acid groups (broad SMARTS) is 1. The van der Waals surface area contributed by atoms with Crippen molar-refractivity contribution in [2.24, 2.45) is 35.5 Å². The molecule has 14 heteroatoms. The molecule has 10 nitrogen and oxygen atoms in total. The Hall–Kier alpha value is -3.55. The van der Waals surface area contributed by atoms with Crippen LogP contribution >= 0.6 is 0 Å². The molecular formula is C39H47F4N5O5. The topological polar surface area (TPSA) is 127 Å². The molecule has 6 aliphatic carbocycles. The van der Waals surface area contributed by atoms with Crippen molar-refractivity contribution >= 4 is 23.5 Å². The zero-order valence-corrected chi connectivity index (χ0v) is 30.0.